The number of fused-ring (bicyclic) bond motifs is 3. The van der Waals surface area contributed by atoms with Crippen LogP contribution in [0.1, 0.15) is 24.4 Å². The molecule has 4 unspecified atom stereocenters. The van der Waals surface area contributed by atoms with E-state index >= 15 is 0 Å². The van der Waals surface area contributed by atoms with Crippen molar-refractivity contribution in [3.8, 4) is 0 Å². The van der Waals surface area contributed by atoms with Gasteiger partial charge in [-0.05, 0) is 49.2 Å². The molecule has 4 atom stereocenters. The van der Waals surface area contributed by atoms with E-state index in [1.807, 2.05) is 42.5 Å². The number of carbonyl (C=O) groups excluding carboxylic acids is 2. The summed E-state index contributed by atoms with van der Waals surface area (Å²) in [6.45, 7) is 0.963. The molecule has 4 nitrogen and oxygen atoms in total. The van der Waals surface area contributed by atoms with Crippen LogP contribution in [0, 0.1) is 11.8 Å². The standard InChI is InChI=1S/C21H19BrN2O2/c22-14-10-8-13(9-11-14)19-18-17(16-7-4-12-23(16)19)20(25)24(21(18)26)15-5-2-1-3-6-15/h1-3,5-6,8-11,16-19H,4,7,12H2. The van der Waals surface area contributed by atoms with Crippen molar-refractivity contribution >= 4 is 33.4 Å². The van der Waals surface area contributed by atoms with Gasteiger partial charge in [0.15, 0.2) is 0 Å². The minimum atomic E-state index is -0.283. The lowest BCUT2D eigenvalue weighted by Crippen LogP contribution is -2.39. The summed E-state index contributed by atoms with van der Waals surface area (Å²) in [4.78, 5) is 30.4. The van der Waals surface area contributed by atoms with Crippen molar-refractivity contribution < 1.29 is 9.59 Å². The first-order valence-electron chi connectivity index (χ1n) is 9.11. The zero-order valence-corrected chi connectivity index (χ0v) is 15.8. The normalized spacial score (nSPS) is 30.7. The summed E-state index contributed by atoms with van der Waals surface area (Å²) in [5.41, 5.74) is 1.82. The number of rotatable bonds is 2. The molecule has 5 heteroatoms. The van der Waals surface area contributed by atoms with Gasteiger partial charge in [0.2, 0.25) is 11.8 Å². The number of nitrogens with zero attached hydrogens (tertiary/aromatic N) is 2. The number of para-hydroxylation sites is 1. The van der Waals surface area contributed by atoms with Crippen molar-refractivity contribution in [1.82, 2.24) is 4.90 Å². The Labute approximate surface area is 160 Å². The minimum Gasteiger partial charge on any atom is -0.292 e. The highest BCUT2D eigenvalue weighted by atomic mass is 79.9. The topological polar surface area (TPSA) is 40.6 Å². The predicted octanol–water partition coefficient (Wildman–Crippen LogP) is 3.77. The van der Waals surface area contributed by atoms with Crippen molar-refractivity contribution in [3.63, 3.8) is 0 Å². The molecule has 3 heterocycles. The summed E-state index contributed by atoms with van der Waals surface area (Å²) in [6.07, 6.45) is 2.09. The largest absolute Gasteiger partial charge is 0.292 e. The molecule has 132 valence electrons. The van der Waals surface area contributed by atoms with E-state index in [1.54, 1.807) is 0 Å². The predicted molar refractivity (Wildman–Crippen MR) is 103 cm³/mol. The minimum absolute atomic E-state index is 0.00855. The molecule has 0 saturated carbocycles. The Balaban J connectivity index is 1.59. The Morgan fingerprint density at radius 3 is 2.31 bits per heavy atom. The Hall–Kier alpha value is -1.98. The molecule has 0 bridgehead atoms. The molecule has 3 aliphatic rings. The molecule has 2 amide bonds. The average molecular weight is 411 g/mol. The molecule has 2 aromatic carbocycles. The third kappa shape index (κ3) is 2.23. The maximum atomic E-state index is 13.3. The Morgan fingerprint density at radius 1 is 0.885 bits per heavy atom. The maximum absolute atomic E-state index is 13.3. The summed E-state index contributed by atoms with van der Waals surface area (Å²) in [5.74, 6) is -0.579. The summed E-state index contributed by atoms with van der Waals surface area (Å²) in [7, 11) is 0. The molecule has 3 saturated heterocycles. The fraction of sp³-hybridized carbons (Fsp3) is 0.333. The lowest BCUT2D eigenvalue weighted by molar-refractivity contribution is -0.123. The van der Waals surface area contributed by atoms with E-state index in [4.69, 9.17) is 0 Å². The van der Waals surface area contributed by atoms with Gasteiger partial charge in [-0.2, -0.15) is 0 Å². The number of anilines is 1. The molecule has 0 aliphatic carbocycles. The van der Waals surface area contributed by atoms with E-state index in [1.165, 1.54) is 4.90 Å². The number of amides is 2. The van der Waals surface area contributed by atoms with Crippen LogP contribution in [0.3, 0.4) is 0 Å². The third-order valence-electron chi connectivity index (χ3n) is 6.08. The van der Waals surface area contributed by atoms with E-state index in [9.17, 15) is 9.59 Å². The molecule has 0 N–H and O–H groups in total. The number of imide groups is 1. The summed E-state index contributed by atoms with van der Waals surface area (Å²) in [5, 5.41) is 0. The van der Waals surface area contributed by atoms with Crippen LogP contribution in [0.5, 0.6) is 0 Å². The molecule has 2 aromatic rings. The van der Waals surface area contributed by atoms with Crippen molar-refractivity contribution in [2.45, 2.75) is 24.9 Å². The zero-order chi connectivity index (χ0) is 17.8. The van der Waals surface area contributed by atoms with Gasteiger partial charge in [-0.1, -0.05) is 46.3 Å². The number of benzene rings is 2. The number of halogens is 1. The second-order valence-electron chi connectivity index (χ2n) is 7.34. The Bertz CT molecular complexity index is 867. The van der Waals surface area contributed by atoms with Gasteiger partial charge in [-0.15, -0.1) is 0 Å². The number of hydrogen-bond acceptors (Lipinski definition) is 3. The van der Waals surface area contributed by atoms with E-state index < -0.39 is 0 Å². The smallest absolute Gasteiger partial charge is 0.239 e. The SMILES string of the molecule is O=C1C2C(C(=O)N1c1ccccc1)C(c1ccc(Br)cc1)N1CCCC21. The van der Waals surface area contributed by atoms with Gasteiger partial charge < -0.3 is 0 Å². The highest BCUT2D eigenvalue weighted by Crippen LogP contribution is 2.53. The summed E-state index contributed by atoms with van der Waals surface area (Å²) < 4.78 is 1.02. The molecule has 0 aromatic heterocycles. The van der Waals surface area contributed by atoms with Crippen LogP contribution in [0.25, 0.3) is 0 Å². The first-order valence-corrected chi connectivity index (χ1v) is 9.90. The van der Waals surface area contributed by atoms with Gasteiger partial charge in [0.1, 0.15) is 0 Å². The molecule has 5 rings (SSSR count). The van der Waals surface area contributed by atoms with Crippen LogP contribution in [-0.4, -0.2) is 29.3 Å². The van der Waals surface area contributed by atoms with Crippen LogP contribution in [-0.2, 0) is 9.59 Å². The van der Waals surface area contributed by atoms with Gasteiger partial charge in [-0.25, -0.2) is 4.90 Å². The first-order chi connectivity index (χ1) is 12.7. The molecule has 3 fully saturated rings. The van der Waals surface area contributed by atoms with Crippen LogP contribution in [0.4, 0.5) is 5.69 Å². The van der Waals surface area contributed by atoms with Gasteiger partial charge in [0, 0.05) is 16.6 Å². The lowest BCUT2D eigenvalue weighted by atomic mass is 9.85. The molecular formula is C21H19BrN2O2. The van der Waals surface area contributed by atoms with Crippen molar-refractivity contribution in [2.24, 2.45) is 11.8 Å². The molecule has 3 aliphatic heterocycles. The van der Waals surface area contributed by atoms with Crippen LogP contribution < -0.4 is 4.90 Å². The highest BCUT2D eigenvalue weighted by Gasteiger charge is 2.63. The summed E-state index contributed by atoms with van der Waals surface area (Å²) >= 11 is 3.49. The monoisotopic (exact) mass is 410 g/mol. The third-order valence-corrected chi connectivity index (χ3v) is 6.61. The van der Waals surface area contributed by atoms with Gasteiger partial charge >= 0.3 is 0 Å². The number of hydrogen-bond donors (Lipinski definition) is 0. The first kappa shape index (κ1) is 16.2. The van der Waals surface area contributed by atoms with Crippen molar-refractivity contribution in [2.75, 3.05) is 11.4 Å². The van der Waals surface area contributed by atoms with Crippen LogP contribution in [0.15, 0.2) is 59.1 Å². The molecule has 0 spiro atoms. The quantitative estimate of drug-likeness (QED) is 0.707. The number of carbonyl (C=O) groups is 2. The maximum Gasteiger partial charge on any atom is 0.239 e. The zero-order valence-electron chi connectivity index (χ0n) is 14.2. The molecule has 0 radical (unpaired) electrons. The Kier molecular flexibility index (Phi) is 3.76. The second kappa shape index (κ2) is 6.03. The van der Waals surface area contributed by atoms with E-state index in [2.05, 4.69) is 33.0 Å². The van der Waals surface area contributed by atoms with Crippen LogP contribution >= 0.6 is 15.9 Å². The highest BCUT2D eigenvalue weighted by molar-refractivity contribution is 9.10. The lowest BCUT2D eigenvalue weighted by Gasteiger charge is -2.28. The fourth-order valence-electron chi connectivity index (χ4n) is 5.09. The average Bonchev–Trinajstić information content (AvgIpc) is 3.29. The van der Waals surface area contributed by atoms with Gasteiger partial charge in [0.05, 0.1) is 17.5 Å². The van der Waals surface area contributed by atoms with E-state index in [0.29, 0.717) is 5.69 Å². The van der Waals surface area contributed by atoms with E-state index in [-0.39, 0.29) is 35.7 Å². The summed E-state index contributed by atoms with van der Waals surface area (Å²) in [6, 6.07) is 17.7. The van der Waals surface area contributed by atoms with Gasteiger partial charge in [-0.3, -0.25) is 14.5 Å². The van der Waals surface area contributed by atoms with Gasteiger partial charge in [0.25, 0.3) is 0 Å². The van der Waals surface area contributed by atoms with Crippen molar-refractivity contribution in [1.29, 1.82) is 0 Å². The second-order valence-corrected chi connectivity index (χ2v) is 8.26. The van der Waals surface area contributed by atoms with E-state index in [0.717, 1.165) is 29.4 Å². The van der Waals surface area contributed by atoms with Crippen molar-refractivity contribution in [3.05, 3.63) is 64.6 Å². The molecular weight excluding hydrogens is 392 g/mol. The fourth-order valence-corrected chi connectivity index (χ4v) is 5.36. The Morgan fingerprint density at radius 2 is 1.58 bits per heavy atom. The van der Waals surface area contributed by atoms with Crippen LogP contribution in [0.2, 0.25) is 0 Å². The molecule has 26 heavy (non-hydrogen) atoms.